The van der Waals surface area contributed by atoms with Crippen LogP contribution in [0.2, 0.25) is 0 Å². The lowest BCUT2D eigenvalue weighted by atomic mass is 10.1. The van der Waals surface area contributed by atoms with Gasteiger partial charge in [-0.1, -0.05) is 6.58 Å². The molecule has 0 radical (unpaired) electrons. The molecule has 0 aliphatic carbocycles. The van der Waals surface area contributed by atoms with Crippen molar-refractivity contribution in [2.45, 2.75) is 48.6 Å². The van der Waals surface area contributed by atoms with E-state index < -0.39 is 83.8 Å². The van der Waals surface area contributed by atoms with E-state index in [-0.39, 0.29) is 6.08 Å². The molecule has 0 rings (SSSR count). The molecule has 0 amide bonds. The zero-order valence-electron chi connectivity index (χ0n) is 15.8. The molecular weight excluding hydrogens is 518 g/mol. The second-order valence-corrected chi connectivity index (χ2v) is 7.40. The Morgan fingerprint density at radius 1 is 0.939 bits per heavy atom. The van der Waals surface area contributed by atoms with E-state index in [0.717, 1.165) is 0 Å². The summed E-state index contributed by atoms with van der Waals surface area (Å²) in [7, 11) is -6.57. The fourth-order valence-corrected chi connectivity index (χ4v) is 2.29. The standard InChI is InChI=1S/C14H14F10O8S/c1-2-8(25)32-12(13(20,21)22,9(26)30-7-11(17,18)19)31-6-4-3-5-10(15,16)14(23,24)33(27,28)29/h2H,1,3-7H2,(H,27,28,29). The Balaban J connectivity index is 5.53. The Hall–Kier alpha value is -2.15. The summed E-state index contributed by atoms with van der Waals surface area (Å²) in [5, 5.41) is -5.96. The van der Waals surface area contributed by atoms with Crippen molar-refractivity contribution >= 4 is 22.1 Å². The van der Waals surface area contributed by atoms with Gasteiger partial charge in [-0.3, -0.25) is 4.55 Å². The van der Waals surface area contributed by atoms with E-state index in [4.69, 9.17) is 4.55 Å². The van der Waals surface area contributed by atoms with Gasteiger partial charge in [0.05, 0.1) is 6.61 Å². The largest absolute Gasteiger partial charge is 0.468 e. The smallest absolute Gasteiger partial charge is 0.451 e. The van der Waals surface area contributed by atoms with Crippen molar-refractivity contribution in [1.82, 2.24) is 0 Å². The van der Waals surface area contributed by atoms with Crippen molar-refractivity contribution < 1.29 is 80.7 Å². The van der Waals surface area contributed by atoms with E-state index in [1.807, 2.05) is 0 Å². The molecule has 1 atom stereocenters. The number of esters is 2. The third kappa shape index (κ3) is 7.98. The van der Waals surface area contributed by atoms with Crippen LogP contribution in [0.3, 0.4) is 0 Å². The van der Waals surface area contributed by atoms with Crippen molar-refractivity contribution in [3.8, 4) is 0 Å². The molecule has 194 valence electrons. The van der Waals surface area contributed by atoms with Gasteiger partial charge in [0.1, 0.15) is 0 Å². The van der Waals surface area contributed by atoms with E-state index in [1.54, 1.807) is 0 Å². The Morgan fingerprint density at radius 3 is 1.85 bits per heavy atom. The molecule has 1 unspecified atom stereocenters. The van der Waals surface area contributed by atoms with Crippen LogP contribution < -0.4 is 0 Å². The first-order valence-corrected chi connectivity index (χ1v) is 9.51. The average Bonchev–Trinajstić information content (AvgIpc) is 2.61. The number of ether oxygens (including phenoxy) is 3. The lowest BCUT2D eigenvalue weighted by molar-refractivity contribution is -0.356. The fourth-order valence-electron chi connectivity index (χ4n) is 1.81. The highest BCUT2D eigenvalue weighted by Crippen LogP contribution is 2.42. The third-order valence-corrected chi connectivity index (χ3v) is 4.31. The number of hydrogen-bond donors (Lipinski definition) is 1. The van der Waals surface area contributed by atoms with Crippen LogP contribution in [0.4, 0.5) is 43.9 Å². The molecule has 19 heteroatoms. The van der Waals surface area contributed by atoms with Gasteiger partial charge in [-0.15, -0.1) is 0 Å². The Kier molecular flexibility index (Phi) is 9.73. The normalized spacial score (nSPS) is 15.5. The Bertz CT molecular complexity index is 821. The van der Waals surface area contributed by atoms with E-state index in [1.165, 1.54) is 0 Å². The van der Waals surface area contributed by atoms with Gasteiger partial charge < -0.3 is 14.2 Å². The zero-order valence-corrected chi connectivity index (χ0v) is 16.6. The summed E-state index contributed by atoms with van der Waals surface area (Å²) < 4.78 is 169. The lowest BCUT2D eigenvalue weighted by Gasteiger charge is -2.32. The first-order chi connectivity index (χ1) is 14.5. The van der Waals surface area contributed by atoms with Crippen molar-refractivity contribution in [2.24, 2.45) is 0 Å². The van der Waals surface area contributed by atoms with Crippen LogP contribution in [0.1, 0.15) is 19.3 Å². The van der Waals surface area contributed by atoms with Crippen LogP contribution >= 0.6 is 0 Å². The SMILES string of the molecule is C=CC(=O)OC(OCCCCC(F)(F)C(F)(F)S(=O)(=O)O)(C(=O)OCC(F)(F)F)C(F)(F)F. The minimum Gasteiger partial charge on any atom is -0.451 e. The minimum absolute atomic E-state index is 0.0544. The summed E-state index contributed by atoms with van der Waals surface area (Å²) in [5.41, 5.74) is 0. The predicted octanol–water partition coefficient (Wildman–Crippen LogP) is 3.38. The number of carbonyl (C=O) groups is 2. The van der Waals surface area contributed by atoms with E-state index >= 15 is 0 Å². The third-order valence-electron chi connectivity index (χ3n) is 3.36. The van der Waals surface area contributed by atoms with Crippen molar-refractivity contribution in [3.63, 3.8) is 0 Å². The summed E-state index contributed by atoms with van der Waals surface area (Å²) in [5.74, 6) is -15.2. The van der Waals surface area contributed by atoms with Crippen molar-refractivity contribution in [3.05, 3.63) is 12.7 Å². The number of unbranched alkanes of at least 4 members (excludes halogenated alkanes) is 1. The molecule has 33 heavy (non-hydrogen) atoms. The highest BCUT2D eigenvalue weighted by Gasteiger charge is 2.68. The number of hydrogen-bond acceptors (Lipinski definition) is 7. The van der Waals surface area contributed by atoms with Gasteiger partial charge in [0.25, 0.3) is 0 Å². The van der Waals surface area contributed by atoms with Crippen LogP contribution in [0.5, 0.6) is 0 Å². The topological polar surface area (TPSA) is 116 Å². The van der Waals surface area contributed by atoms with Gasteiger partial charge in [0.2, 0.25) is 0 Å². The van der Waals surface area contributed by atoms with Gasteiger partial charge in [-0.2, -0.15) is 52.3 Å². The first kappa shape index (κ1) is 30.9. The monoisotopic (exact) mass is 532 g/mol. The van der Waals surface area contributed by atoms with Gasteiger partial charge >= 0.3 is 51.4 Å². The molecule has 0 fully saturated rings. The molecule has 1 N–H and O–H groups in total. The molecule has 0 aliphatic heterocycles. The van der Waals surface area contributed by atoms with Crippen molar-refractivity contribution in [1.29, 1.82) is 0 Å². The molecule has 0 aliphatic rings. The molecule has 0 bridgehead atoms. The highest BCUT2D eigenvalue weighted by atomic mass is 32.2. The second kappa shape index (κ2) is 10.4. The molecule has 8 nitrogen and oxygen atoms in total. The molecule has 0 saturated heterocycles. The Morgan fingerprint density at radius 2 is 1.45 bits per heavy atom. The summed E-state index contributed by atoms with van der Waals surface area (Å²) >= 11 is 0. The van der Waals surface area contributed by atoms with Crippen LogP contribution in [-0.4, -0.2) is 67.4 Å². The fraction of sp³-hybridized carbons (Fsp3) is 0.714. The Labute approximate surface area is 178 Å². The molecule has 0 aromatic carbocycles. The first-order valence-electron chi connectivity index (χ1n) is 8.07. The number of rotatable bonds is 12. The van der Waals surface area contributed by atoms with E-state index in [2.05, 4.69) is 20.8 Å². The molecule has 0 saturated carbocycles. The predicted molar refractivity (Wildman–Crippen MR) is 83.3 cm³/mol. The van der Waals surface area contributed by atoms with Crippen LogP contribution in [-0.2, 0) is 33.9 Å². The van der Waals surface area contributed by atoms with E-state index in [9.17, 15) is 61.9 Å². The molecule has 0 heterocycles. The highest BCUT2D eigenvalue weighted by molar-refractivity contribution is 7.87. The average molecular weight is 532 g/mol. The summed E-state index contributed by atoms with van der Waals surface area (Å²) in [6.07, 6.45) is -15.7. The van der Waals surface area contributed by atoms with Crippen LogP contribution in [0, 0.1) is 0 Å². The second-order valence-electron chi connectivity index (χ2n) is 5.93. The maximum Gasteiger partial charge on any atom is 0.468 e. The minimum atomic E-state index is -6.57. The summed E-state index contributed by atoms with van der Waals surface area (Å²) in [4.78, 5) is 22.9. The van der Waals surface area contributed by atoms with Gasteiger partial charge in [0, 0.05) is 12.5 Å². The molecule has 0 spiro atoms. The number of carbonyl (C=O) groups excluding carboxylic acids is 2. The molecule has 0 aromatic rings. The van der Waals surface area contributed by atoms with Gasteiger partial charge in [0.15, 0.2) is 6.61 Å². The quantitative estimate of drug-likeness (QED) is 0.102. The van der Waals surface area contributed by atoms with E-state index in [0.29, 0.717) is 0 Å². The van der Waals surface area contributed by atoms with Crippen LogP contribution in [0.25, 0.3) is 0 Å². The van der Waals surface area contributed by atoms with Crippen LogP contribution in [0.15, 0.2) is 12.7 Å². The zero-order chi connectivity index (χ0) is 26.5. The maximum atomic E-state index is 13.4. The maximum absolute atomic E-state index is 13.4. The molecular formula is C14H14F10O8S. The van der Waals surface area contributed by atoms with Gasteiger partial charge in [-0.25, -0.2) is 9.59 Å². The number of alkyl halides is 10. The summed E-state index contributed by atoms with van der Waals surface area (Å²) in [6, 6.07) is 0. The molecule has 0 aromatic heterocycles. The lowest BCUT2D eigenvalue weighted by Crippen LogP contribution is -2.58. The van der Waals surface area contributed by atoms with Crippen molar-refractivity contribution in [2.75, 3.05) is 13.2 Å². The van der Waals surface area contributed by atoms with Gasteiger partial charge in [-0.05, 0) is 12.8 Å². The summed E-state index contributed by atoms with van der Waals surface area (Å²) in [6.45, 7) is -1.39. The number of halogens is 10.